The van der Waals surface area contributed by atoms with Crippen LogP contribution in [0.2, 0.25) is 0 Å². The van der Waals surface area contributed by atoms with E-state index in [4.69, 9.17) is 0 Å². The van der Waals surface area contributed by atoms with Crippen molar-refractivity contribution in [2.75, 3.05) is 0 Å². The van der Waals surface area contributed by atoms with Crippen LogP contribution in [-0.4, -0.2) is 5.11 Å². The molecule has 0 spiro atoms. The minimum absolute atomic E-state index is 0.290. The highest BCUT2D eigenvalue weighted by Crippen LogP contribution is 2.41. The van der Waals surface area contributed by atoms with E-state index in [0.29, 0.717) is 6.42 Å². The summed E-state index contributed by atoms with van der Waals surface area (Å²) in [5, 5.41) is 20.5. The average Bonchev–Trinajstić information content (AvgIpc) is 2.57. The van der Waals surface area contributed by atoms with Crippen molar-refractivity contribution in [2.24, 2.45) is 5.92 Å². The maximum absolute atomic E-state index is 11.1. The summed E-state index contributed by atoms with van der Waals surface area (Å²) in [5.74, 6) is -0.290. The molecule has 0 bridgehead atoms. The van der Waals surface area contributed by atoms with Gasteiger partial charge >= 0.3 is 0 Å². The van der Waals surface area contributed by atoms with Gasteiger partial charge in [0.2, 0.25) is 0 Å². The van der Waals surface area contributed by atoms with E-state index in [9.17, 15) is 10.4 Å². The first-order valence-corrected chi connectivity index (χ1v) is 6.92. The highest BCUT2D eigenvalue weighted by atomic mass is 16.3. The lowest BCUT2D eigenvalue weighted by Gasteiger charge is -2.33. The van der Waals surface area contributed by atoms with Gasteiger partial charge in [0.15, 0.2) is 0 Å². The van der Waals surface area contributed by atoms with Crippen molar-refractivity contribution in [3.8, 4) is 6.07 Å². The monoisotopic (exact) mass is 243 g/mol. The lowest BCUT2D eigenvalue weighted by molar-refractivity contribution is -0.0148. The van der Waals surface area contributed by atoms with Crippen LogP contribution >= 0.6 is 0 Å². The van der Waals surface area contributed by atoms with Crippen molar-refractivity contribution in [1.82, 2.24) is 0 Å². The van der Waals surface area contributed by atoms with Gasteiger partial charge in [0.1, 0.15) is 5.60 Å². The third kappa shape index (κ3) is 2.28. The van der Waals surface area contributed by atoms with Gasteiger partial charge in [-0.15, -0.1) is 0 Å². The highest BCUT2D eigenvalue weighted by Gasteiger charge is 2.40. The molecule has 18 heavy (non-hydrogen) atoms. The Kier molecular flexibility index (Phi) is 4.04. The third-order valence-corrected chi connectivity index (χ3v) is 4.05. The van der Waals surface area contributed by atoms with E-state index in [1.54, 1.807) is 0 Å². The molecule has 96 valence electrons. The number of hydrogen-bond donors (Lipinski definition) is 1. The van der Waals surface area contributed by atoms with Crippen molar-refractivity contribution in [3.63, 3.8) is 0 Å². The van der Waals surface area contributed by atoms with Gasteiger partial charge in [0, 0.05) is 0 Å². The molecule has 1 aromatic carbocycles. The predicted octanol–water partition coefficient (Wildman–Crippen LogP) is 3.54. The molecule has 2 heteroatoms. The second-order valence-corrected chi connectivity index (χ2v) is 5.26. The van der Waals surface area contributed by atoms with Crippen LogP contribution < -0.4 is 0 Å². The average molecular weight is 243 g/mol. The quantitative estimate of drug-likeness (QED) is 0.825. The van der Waals surface area contributed by atoms with E-state index in [1.807, 2.05) is 18.2 Å². The first kappa shape index (κ1) is 13.1. The molecule has 2 atom stereocenters. The molecular formula is C16H21NO. The maximum Gasteiger partial charge on any atom is 0.106 e. The predicted molar refractivity (Wildman–Crippen MR) is 71.9 cm³/mol. The number of aryl methyl sites for hydroxylation is 1. The van der Waals surface area contributed by atoms with Crippen LogP contribution in [0.25, 0.3) is 0 Å². The summed E-state index contributed by atoms with van der Waals surface area (Å²) in [6.45, 7) is 2.07. The molecule has 0 aromatic heterocycles. The second-order valence-electron chi connectivity index (χ2n) is 5.26. The van der Waals surface area contributed by atoms with Crippen molar-refractivity contribution >= 4 is 0 Å². The van der Waals surface area contributed by atoms with Crippen molar-refractivity contribution in [1.29, 1.82) is 5.26 Å². The maximum atomic E-state index is 11.1. The summed E-state index contributed by atoms with van der Waals surface area (Å²) in [5.41, 5.74) is 1.26. The Hall–Kier alpha value is -1.33. The molecule has 0 amide bonds. The molecule has 0 radical (unpaired) electrons. The van der Waals surface area contributed by atoms with Crippen LogP contribution in [0.15, 0.2) is 24.3 Å². The molecule has 1 N–H and O–H groups in total. The Bertz CT molecular complexity index is 449. The first-order chi connectivity index (χ1) is 8.72. The molecule has 1 aliphatic carbocycles. The molecule has 1 aliphatic rings. The lowest BCUT2D eigenvalue weighted by Crippen LogP contribution is -2.34. The molecule has 2 unspecified atom stereocenters. The van der Waals surface area contributed by atoms with Crippen LogP contribution in [0.4, 0.5) is 0 Å². The van der Waals surface area contributed by atoms with Crippen molar-refractivity contribution < 1.29 is 5.11 Å². The third-order valence-electron chi connectivity index (χ3n) is 4.05. The van der Waals surface area contributed by atoms with Gasteiger partial charge < -0.3 is 5.11 Å². The zero-order valence-electron chi connectivity index (χ0n) is 11.0. The largest absolute Gasteiger partial charge is 0.384 e. The van der Waals surface area contributed by atoms with E-state index in [2.05, 4.69) is 19.1 Å². The summed E-state index contributed by atoms with van der Waals surface area (Å²) in [4.78, 5) is 0. The fourth-order valence-corrected chi connectivity index (χ4v) is 3.07. The van der Waals surface area contributed by atoms with Crippen LogP contribution in [0, 0.1) is 17.2 Å². The minimum atomic E-state index is -0.947. The van der Waals surface area contributed by atoms with Crippen molar-refractivity contribution in [2.45, 2.75) is 51.0 Å². The normalized spacial score (nSPS) is 24.7. The summed E-state index contributed by atoms with van der Waals surface area (Å²) in [6.07, 6.45) is 5.52. The standard InChI is InChI=1S/C16H21NO/c1-2-7-14(12-17)16(18)11-6-5-9-13-8-3-4-10-15(13)16/h3-4,8,10,14,18H,2,5-7,9,11H2,1H3. The lowest BCUT2D eigenvalue weighted by atomic mass is 9.76. The summed E-state index contributed by atoms with van der Waals surface area (Å²) in [6, 6.07) is 10.4. The molecule has 0 aliphatic heterocycles. The smallest absolute Gasteiger partial charge is 0.106 e. The zero-order valence-corrected chi connectivity index (χ0v) is 11.0. The van der Waals surface area contributed by atoms with Crippen molar-refractivity contribution in [3.05, 3.63) is 35.4 Å². The Morgan fingerprint density at radius 1 is 1.39 bits per heavy atom. The van der Waals surface area contributed by atoms with E-state index >= 15 is 0 Å². The highest BCUT2D eigenvalue weighted by molar-refractivity contribution is 5.35. The molecule has 0 saturated carbocycles. The van der Waals surface area contributed by atoms with E-state index in [-0.39, 0.29) is 5.92 Å². The number of benzene rings is 1. The summed E-state index contributed by atoms with van der Waals surface area (Å²) in [7, 11) is 0. The van der Waals surface area contributed by atoms with Crippen LogP contribution in [0.5, 0.6) is 0 Å². The van der Waals surface area contributed by atoms with Crippen LogP contribution in [0.3, 0.4) is 0 Å². The van der Waals surface area contributed by atoms with E-state index in [0.717, 1.165) is 37.7 Å². The molecule has 0 fully saturated rings. The SMILES string of the molecule is CCCC(C#N)C1(O)CCCCc2ccccc21. The minimum Gasteiger partial charge on any atom is -0.384 e. The number of nitrogens with zero attached hydrogens (tertiary/aromatic N) is 1. The Labute approximate surface area is 109 Å². The number of hydrogen-bond acceptors (Lipinski definition) is 2. The van der Waals surface area contributed by atoms with Gasteiger partial charge in [-0.05, 0) is 43.2 Å². The summed E-state index contributed by atoms with van der Waals surface area (Å²) < 4.78 is 0. The molecule has 1 aromatic rings. The summed E-state index contributed by atoms with van der Waals surface area (Å²) >= 11 is 0. The molecule has 2 rings (SSSR count). The Balaban J connectivity index is 2.45. The zero-order chi connectivity index (χ0) is 13.0. The van der Waals surface area contributed by atoms with Gasteiger partial charge in [0.25, 0.3) is 0 Å². The van der Waals surface area contributed by atoms with Gasteiger partial charge in [0.05, 0.1) is 12.0 Å². The molecule has 0 heterocycles. The van der Waals surface area contributed by atoms with Gasteiger partial charge in [-0.2, -0.15) is 5.26 Å². The number of rotatable bonds is 3. The second kappa shape index (κ2) is 5.54. The molecule has 0 saturated heterocycles. The first-order valence-electron chi connectivity index (χ1n) is 6.92. The molecular weight excluding hydrogens is 222 g/mol. The van der Waals surface area contributed by atoms with Crippen LogP contribution in [-0.2, 0) is 12.0 Å². The number of fused-ring (bicyclic) bond motifs is 1. The topological polar surface area (TPSA) is 44.0 Å². The number of nitriles is 1. The van der Waals surface area contributed by atoms with Gasteiger partial charge in [-0.1, -0.05) is 37.6 Å². The number of aliphatic hydroxyl groups is 1. The Morgan fingerprint density at radius 2 is 2.17 bits per heavy atom. The Morgan fingerprint density at radius 3 is 2.89 bits per heavy atom. The van der Waals surface area contributed by atoms with E-state index in [1.165, 1.54) is 5.56 Å². The van der Waals surface area contributed by atoms with Crippen LogP contribution in [0.1, 0.15) is 50.2 Å². The molecule has 2 nitrogen and oxygen atoms in total. The van der Waals surface area contributed by atoms with Gasteiger partial charge in [-0.25, -0.2) is 0 Å². The fourth-order valence-electron chi connectivity index (χ4n) is 3.07. The fraction of sp³-hybridized carbons (Fsp3) is 0.562. The van der Waals surface area contributed by atoms with Gasteiger partial charge in [-0.3, -0.25) is 0 Å². The van der Waals surface area contributed by atoms with E-state index < -0.39 is 5.60 Å².